The summed E-state index contributed by atoms with van der Waals surface area (Å²) >= 11 is 1.44. The number of amides is 1. The van der Waals surface area contributed by atoms with Crippen molar-refractivity contribution < 1.29 is 9.53 Å². The van der Waals surface area contributed by atoms with E-state index in [0.717, 1.165) is 29.2 Å². The number of aromatic nitrogens is 3. The predicted octanol–water partition coefficient (Wildman–Crippen LogP) is 2.14. The molecule has 0 bridgehead atoms. The topological polar surface area (TPSA) is 69.0 Å². The lowest BCUT2D eigenvalue weighted by molar-refractivity contribution is -0.00299. The Hall–Kier alpha value is -1.73. The molecule has 118 valence electrons. The lowest BCUT2D eigenvalue weighted by Crippen LogP contribution is -2.40. The van der Waals surface area contributed by atoms with E-state index in [1.165, 1.54) is 11.3 Å². The third kappa shape index (κ3) is 3.05. The fourth-order valence-corrected chi connectivity index (χ4v) is 3.63. The van der Waals surface area contributed by atoms with Crippen LogP contribution in [0.5, 0.6) is 0 Å². The van der Waals surface area contributed by atoms with Crippen LogP contribution in [0.15, 0.2) is 12.5 Å². The monoisotopic (exact) mass is 320 g/mol. The molecule has 1 amide bonds. The van der Waals surface area contributed by atoms with Gasteiger partial charge in [-0.1, -0.05) is 0 Å². The first-order chi connectivity index (χ1) is 10.5. The van der Waals surface area contributed by atoms with Gasteiger partial charge in [0, 0.05) is 19.7 Å². The van der Waals surface area contributed by atoms with Crippen LogP contribution in [-0.2, 0) is 11.8 Å². The van der Waals surface area contributed by atoms with Gasteiger partial charge in [-0.25, -0.2) is 9.97 Å². The number of hydrogen-bond donors (Lipinski definition) is 1. The fourth-order valence-electron chi connectivity index (χ4n) is 2.80. The molecule has 1 fully saturated rings. The molecule has 0 unspecified atom stereocenters. The van der Waals surface area contributed by atoms with Crippen LogP contribution < -0.4 is 5.32 Å². The number of nitrogens with zero attached hydrogens (tertiary/aromatic N) is 3. The first kappa shape index (κ1) is 15.2. The highest BCUT2D eigenvalue weighted by Crippen LogP contribution is 2.28. The van der Waals surface area contributed by atoms with E-state index in [2.05, 4.69) is 15.3 Å². The molecule has 1 aliphatic heterocycles. The minimum absolute atomic E-state index is 0.0177. The lowest BCUT2D eigenvalue weighted by Gasteiger charge is -2.30. The Balaban J connectivity index is 1.67. The molecular formula is C15H20N4O2S. The summed E-state index contributed by atoms with van der Waals surface area (Å²) in [6.45, 7) is 4.43. The number of aryl methyl sites for hydroxylation is 3. The van der Waals surface area contributed by atoms with Gasteiger partial charge >= 0.3 is 0 Å². The van der Waals surface area contributed by atoms with Crippen LogP contribution >= 0.6 is 11.3 Å². The number of rotatable bonds is 3. The van der Waals surface area contributed by atoms with E-state index in [1.807, 2.05) is 31.7 Å². The van der Waals surface area contributed by atoms with Gasteiger partial charge in [0.25, 0.3) is 5.91 Å². The van der Waals surface area contributed by atoms with Crippen molar-refractivity contribution in [2.45, 2.75) is 38.8 Å². The van der Waals surface area contributed by atoms with E-state index in [4.69, 9.17) is 4.74 Å². The minimum Gasteiger partial charge on any atom is -0.372 e. The van der Waals surface area contributed by atoms with Crippen LogP contribution in [0.25, 0.3) is 0 Å². The molecule has 3 rings (SSSR count). The predicted molar refractivity (Wildman–Crippen MR) is 84.0 cm³/mol. The number of nitrogens with one attached hydrogen (secondary N) is 1. The molecule has 2 aromatic heterocycles. The van der Waals surface area contributed by atoms with Crippen molar-refractivity contribution in [3.63, 3.8) is 0 Å². The summed E-state index contributed by atoms with van der Waals surface area (Å²) in [4.78, 5) is 21.6. The molecule has 6 nitrogen and oxygen atoms in total. The number of imidazole rings is 1. The molecule has 7 heteroatoms. The molecule has 22 heavy (non-hydrogen) atoms. The maximum Gasteiger partial charge on any atom is 0.263 e. The Morgan fingerprint density at radius 2 is 2.32 bits per heavy atom. The Kier molecular flexibility index (Phi) is 4.26. The fraction of sp³-hybridized carbons (Fsp3) is 0.533. The summed E-state index contributed by atoms with van der Waals surface area (Å²) in [5.41, 5.74) is 1.85. The molecule has 0 spiro atoms. The minimum atomic E-state index is -0.0289. The van der Waals surface area contributed by atoms with Gasteiger partial charge in [0.2, 0.25) is 0 Å². The number of carbonyl (C=O) groups excluding carboxylic acids is 1. The van der Waals surface area contributed by atoms with E-state index >= 15 is 0 Å². The molecule has 0 radical (unpaired) electrons. The highest BCUT2D eigenvalue weighted by molar-refractivity contribution is 7.13. The maximum atomic E-state index is 12.4. The van der Waals surface area contributed by atoms with Crippen molar-refractivity contribution in [1.29, 1.82) is 0 Å². The van der Waals surface area contributed by atoms with Gasteiger partial charge in [0.15, 0.2) is 0 Å². The van der Waals surface area contributed by atoms with Gasteiger partial charge in [-0.3, -0.25) is 4.79 Å². The van der Waals surface area contributed by atoms with Crippen LogP contribution in [0.3, 0.4) is 0 Å². The van der Waals surface area contributed by atoms with Crippen LogP contribution in [0, 0.1) is 13.8 Å². The van der Waals surface area contributed by atoms with E-state index in [1.54, 1.807) is 6.33 Å². The molecular weight excluding hydrogens is 300 g/mol. The zero-order chi connectivity index (χ0) is 15.7. The standard InChI is InChI=1S/C15H20N4O2S/c1-9-14(22-10(2)17-9)15(20)18-11-4-5-21-13(6-11)12-7-16-8-19(12)3/h7-8,11,13H,4-6H2,1-3H3,(H,18,20)/t11-,13-/m1/s1. The van der Waals surface area contributed by atoms with Crippen molar-refractivity contribution >= 4 is 17.2 Å². The van der Waals surface area contributed by atoms with E-state index in [9.17, 15) is 4.79 Å². The number of carbonyl (C=O) groups is 1. The third-order valence-electron chi connectivity index (χ3n) is 3.91. The van der Waals surface area contributed by atoms with Gasteiger partial charge in [-0.05, 0) is 26.7 Å². The Morgan fingerprint density at radius 1 is 1.50 bits per heavy atom. The average molecular weight is 320 g/mol. The van der Waals surface area contributed by atoms with E-state index < -0.39 is 0 Å². The van der Waals surface area contributed by atoms with Gasteiger partial charge in [0.1, 0.15) is 11.0 Å². The molecule has 1 aliphatic rings. The highest BCUT2D eigenvalue weighted by atomic mass is 32.1. The number of ether oxygens (including phenoxy) is 1. The smallest absolute Gasteiger partial charge is 0.263 e. The summed E-state index contributed by atoms with van der Waals surface area (Å²) in [6.07, 6.45) is 5.17. The Labute approximate surface area is 133 Å². The number of thiazole rings is 1. The van der Waals surface area contributed by atoms with Crippen molar-refractivity contribution in [2.75, 3.05) is 6.61 Å². The van der Waals surface area contributed by atoms with Gasteiger partial charge in [-0.2, -0.15) is 0 Å². The molecule has 3 heterocycles. The van der Waals surface area contributed by atoms with E-state index in [-0.39, 0.29) is 18.1 Å². The first-order valence-corrected chi connectivity index (χ1v) is 8.19. The van der Waals surface area contributed by atoms with Gasteiger partial charge in [-0.15, -0.1) is 11.3 Å². The molecule has 2 aromatic rings. The van der Waals surface area contributed by atoms with Crippen LogP contribution in [0.1, 0.15) is 45.0 Å². The van der Waals surface area contributed by atoms with Crippen molar-refractivity contribution in [2.24, 2.45) is 7.05 Å². The Bertz CT molecular complexity index is 679. The van der Waals surface area contributed by atoms with Crippen molar-refractivity contribution in [3.05, 3.63) is 33.8 Å². The zero-order valence-electron chi connectivity index (χ0n) is 13.0. The maximum absolute atomic E-state index is 12.4. The third-order valence-corrected chi connectivity index (χ3v) is 4.98. The molecule has 0 aliphatic carbocycles. The van der Waals surface area contributed by atoms with E-state index in [0.29, 0.717) is 11.5 Å². The van der Waals surface area contributed by atoms with Crippen LogP contribution in [-0.4, -0.2) is 33.1 Å². The molecule has 2 atom stereocenters. The summed E-state index contributed by atoms with van der Waals surface area (Å²) in [5.74, 6) is -0.0289. The molecule has 1 N–H and O–H groups in total. The lowest BCUT2D eigenvalue weighted by atomic mass is 10.0. The molecule has 0 saturated carbocycles. The first-order valence-electron chi connectivity index (χ1n) is 7.37. The Morgan fingerprint density at radius 3 is 2.95 bits per heavy atom. The average Bonchev–Trinajstić information content (AvgIpc) is 3.04. The summed E-state index contributed by atoms with van der Waals surface area (Å²) in [5, 5.41) is 4.04. The largest absolute Gasteiger partial charge is 0.372 e. The van der Waals surface area contributed by atoms with Gasteiger partial charge in [0.05, 0.1) is 28.9 Å². The second-order valence-electron chi connectivity index (χ2n) is 5.63. The molecule has 1 saturated heterocycles. The summed E-state index contributed by atoms with van der Waals surface area (Å²) in [6, 6.07) is 0.114. The molecule has 0 aromatic carbocycles. The van der Waals surface area contributed by atoms with Crippen molar-refractivity contribution in [3.8, 4) is 0 Å². The normalized spacial score (nSPS) is 21.8. The quantitative estimate of drug-likeness (QED) is 0.941. The van der Waals surface area contributed by atoms with Crippen molar-refractivity contribution in [1.82, 2.24) is 19.9 Å². The SMILES string of the molecule is Cc1nc(C)c(C(=O)N[C@@H]2CCO[C@@H](c3cncn3C)C2)s1. The highest BCUT2D eigenvalue weighted by Gasteiger charge is 2.27. The summed E-state index contributed by atoms with van der Waals surface area (Å²) < 4.78 is 7.79. The second kappa shape index (κ2) is 6.18. The second-order valence-corrected chi connectivity index (χ2v) is 6.83. The van der Waals surface area contributed by atoms with Crippen LogP contribution in [0.4, 0.5) is 0 Å². The summed E-state index contributed by atoms with van der Waals surface area (Å²) in [7, 11) is 1.96. The van der Waals surface area contributed by atoms with Crippen LogP contribution in [0.2, 0.25) is 0 Å². The zero-order valence-corrected chi connectivity index (χ0v) is 13.8. The number of hydrogen-bond acceptors (Lipinski definition) is 5. The van der Waals surface area contributed by atoms with Gasteiger partial charge < -0.3 is 14.6 Å².